The van der Waals surface area contributed by atoms with Crippen molar-refractivity contribution in [3.05, 3.63) is 35.4 Å². The molecule has 1 aliphatic carbocycles. The van der Waals surface area contributed by atoms with E-state index in [1.54, 1.807) is 24.3 Å². The first kappa shape index (κ1) is 9.09. The number of hydrogen-bond donors (Lipinski definition) is 1. The highest BCUT2D eigenvalue weighted by molar-refractivity contribution is 6.19. The lowest BCUT2D eigenvalue weighted by Crippen LogP contribution is -2.43. The maximum atomic E-state index is 11.7. The SMILES string of the molecule is CC(=O)[C@]1(O)Cc2ccccc2C1=O. The van der Waals surface area contributed by atoms with E-state index in [-0.39, 0.29) is 6.42 Å². The van der Waals surface area contributed by atoms with Crippen LogP contribution in [-0.2, 0) is 11.2 Å². The zero-order valence-corrected chi connectivity index (χ0v) is 7.78. The Morgan fingerprint density at radius 1 is 1.43 bits per heavy atom. The van der Waals surface area contributed by atoms with Gasteiger partial charge in [0.15, 0.2) is 11.4 Å². The molecule has 0 saturated carbocycles. The van der Waals surface area contributed by atoms with E-state index in [1.165, 1.54) is 6.92 Å². The van der Waals surface area contributed by atoms with Gasteiger partial charge in [-0.2, -0.15) is 0 Å². The fraction of sp³-hybridized carbons (Fsp3) is 0.273. The van der Waals surface area contributed by atoms with Crippen molar-refractivity contribution in [2.24, 2.45) is 0 Å². The number of benzene rings is 1. The summed E-state index contributed by atoms with van der Waals surface area (Å²) in [4.78, 5) is 22.9. The van der Waals surface area contributed by atoms with Gasteiger partial charge >= 0.3 is 0 Å². The fourth-order valence-corrected chi connectivity index (χ4v) is 1.76. The van der Waals surface area contributed by atoms with Crippen molar-refractivity contribution in [1.82, 2.24) is 0 Å². The molecule has 0 amide bonds. The second-order valence-corrected chi connectivity index (χ2v) is 3.58. The molecule has 1 aromatic rings. The van der Waals surface area contributed by atoms with Gasteiger partial charge in [0.1, 0.15) is 0 Å². The molecule has 3 nitrogen and oxygen atoms in total. The topological polar surface area (TPSA) is 54.4 Å². The molecule has 0 saturated heterocycles. The largest absolute Gasteiger partial charge is 0.374 e. The van der Waals surface area contributed by atoms with Crippen molar-refractivity contribution in [2.75, 3.05) is 0 Å². The number of rotatable bonds is 1. The van der Waals surface area contributed by atoms with E-state index < -0.39 is 17.2 Å². The van der Waals surface area contributed by atoms with E-state index in [1.807, 2.05) is 0 Å². The Kier molecular flexibility index (Phi) is 1.79. The predicted octanol–water partition coefficient (Wildman–Crippen LogP) is 0.746. The Hall–Kier alpha value is -1.48. The number of ketones is 2. The van der Waals surface area contributed by atoms with Crippen molar-refractivity contribution < 1.29 is 14.7 Å². The number of hydrogen-bond acceptors (Lipinski definition) is 3. The van der Waals surface area contributed by atoms with Crippen molar-refractivity contribution >= 4 is 11.6 Å². The molecule has 3 heteroatoms. The summed E-state index contributed by atoms with van der Waals surface area (Å²) in [6, 6.07) is 6.91. The predicted molar refractivity (Wildman–Crippen MR) is 50.1 cm³/mol. The van der Waals surface area contributed by atoms with Crippen LogP contribution in [0.25, 0.3) is 0 Å². The molecule has 0 heterocycles. The van der Waals surface area contributed by atoms with Gasteiger partial charge in [0.05, 0.1) is 0 Å². The van der Waals surface area contributed by atoms with Gasteiger partial charge in [-0.15, -0.1) is 0 Å². The minimum atomic E-state index is -1.82. The van der Waals surface area contributed by atoms with Crippen LogP contribution in [0.3, 0.4) is 0 Å². The molecule has 0 radical (unpaired) electrons. The highest BCUT2D eigenvalue weighted by Gasteiger charge is 2.47. The van der Waals surface area contributed by atoms with E-state index in [0.29, 0.717) is 5.56 Å². The van der Waals surface area contributed by atoms with Crippen LogP contribution in [0.1, 0.15) is 22.8 Å². The monoisotopic (exact) mass is 190 g/mol. The number of carbonyl (C=O) groups is 2. The number of aliphatic hydroxyl groups is 1. The summed E-state index contributed by atoms with van der Waals surface area (Å²) in [5.41, 5.74) is -0.607. The van der Waals surface area contributed by atoms with Crippen LogP contribution >= 0.6 is 0 Å². The molecule has 1 atom stereocenters. The van der Waals surface area contributed by atoms with Gasteiger partial charge < -0.3 is 5.11 Å². The third-order valence-electron chi connectivity index (χ3n) is 2.67. The standard InChI is InChI=1S/C11H10O3/c1-7(12)11(14)6-8-4-2-3-5-9(8)10(11)13/h2-5,14H,6H2,1H3/t11-/m1/s1. The van der Waals surface area contributed by atoms with Crippen LogP contribution in [0.15, 0.2) is 24.3 Å². The van der Waals surface area contributed by atoms with Gasteiger partial charge in [-0.3, -0.25) is 9.59 Å². The molecule has 2 rings (SSSR count). The lowest BCUT2D eigenvalue weighted by atomic mass is 9.95. The molecule has 14 heavy (non-hydrogen) atoms. The van der Waals surface area contributed by atoms with E-state index >= 15 is 0 Å². The first-order chi connectivity index (χ1) is 6.55. The third kappa shape index (κ3) is 1.02. The Balaban J connectivity index is 2.54. The molecule has 72 valence electrons. The Morgan fingerprint density at radius 2 is 2.07 bits per heavy atom. The smallest absolute Gasteiger partial charge is 0.202 e. The maximum absolute atomic E-state index is 11.7. The minimum Gasteiger partial charge on any atom is -0.374 e. The molecule has 0 aromatic heterocycles. The van der Waals surface area contributed by atoms with Crippen LogP contribution in [-0.4, -0.2) is 22.3 Å². The molecule has 0 spiro atoms. The second-order valence-electron chi connectivity index (χ2n) is 3.58. The molecule has 0 fully saturated rings. The van der Waals surface area contributed by atoms with Gasteiger partial charge in [-0.1, -0.05) is 24.3 Å². The molecule has 1 aromatic carbocycles. The van der Waals surface area contributed by atoms with Crippen LogP contribution in [0.4, 0.5) is 0 Å². The molecule has 1 N–H and O–H groups in total. The first-order valence-electron chi connectivity index (χ1n) is 4.42. The van der Waals surface area contributed by atoms with E-state index in [0.717, 1.165) is 5.56 Å². The van der Waals surface area contributed by atoms with Crippen LogP contribution < -0.4 is 0 Å². The summed E-state index contributed by atoms with van der Waals surface area (Å²) in [5, 5.41) is 9.86. The lowest BCUT2D eigenvalue weighted by Gasteiger charge is -2.15. The van der Waals surface area contributed by atoms with Gasteiger partial charge in [0.2, 0.25) is 5.78 Å². The highest BCUT2D eigenvalue weighted by atomic mass is 16.3. The molecule has 1 aliphatic rings. The molecule has 0 bridgehead atoms. The average Bonchev–Trinajstić information content (AvgIpc) is 2.42. The van der Waals surface area contributed by atoms with Crippen molar-refractivity contribution in [2.45, 2.75) is 18.9 Å². The maximum Gasteiger partial charge on any atom is 0.202 e. The summed E-state index contributed by atoms with van der Waals surface area (Å²) in [6.07, 6.45) is 0.108. The zero-order valence-electron chi connectivity index (χ0n) is 7.78. The van der Waals surface area contributed by atoms with Crippen LogP contribution in [0.2, 0.25) is 0 Å². The average molecular weight is 190 g/mol. The minimum absolute atomic E-state index is 0.108. The third-order valence-corrected chi connectivity index (χ3v) is 2.67. The van der Waals surface area contributed by atoms with Crippen LogP contribution in [0.5, 0.6) is 0 Å². The van der Waals surface area contributed by atoms with E-state index in [2.05, 4.69) is 0 Å². The summed E-state index contributed by atoms with van der Waals surface area (Å²) < 4.78 is 0. The molecule has 0 unspecified atom stereocenters. The first-order valence-corrected chi connectivity index (χ1v) is 4.42. The zero-order chi connectivity index (χ0) is 10.3. The number of fused-ring (bicyclic) bond motifs is 1. The summed E-state index contributed by atoms with van der Waals surface area (Å²) in [5.74, 6) is -0.959. The van der Waals surface area contributed by atoms with E-state index in [9.17, 15) is 14.7 Å². The summed E-state index contributed by atoms with van der Waals surface area (Å²) in [7, 11) is 0. The normalized spacial score (nSPS) is 24.9. The summed E-state index contributed by atoms with van der Waals surface area (Å²) >= 11 is 0. The summed E-state index contributed by atoms with van der Waals surface area (Å²) in [6.45, 7) is 1.24. The van der Waals surface area contributed by atoms with E-state index in [4.69, 9.17) is 0 Å². The molecule has 0 aliphatic heterocycles. The second kappa shape index (κ2) is 2.75. The number of carbonyl (C=O) groups excluding carboxylic acids is 2. The Bertz CT molecular complexity index is 422. The fourth-order valence-electron chi connectivity index (χ4n) is 1.76. The van der Waals surface area contributed by atoms with Crippen molar-refractivity contribution in [3.63, 3.8) is 0 Å². The number of Topliss-reactive ketones (excluding diaryl/α,β-unsaturated/α-hetero) is 2. The molecular formula is C11H10O3. The quantitative estimate of drug-likeness (QED) is 0.665. The van der Waals surface area contributed by atoms with Crippen molar-refractivity contribution in [1.29, 1.82) is 0 Å². The van der Waals surface area contributed by atoms with Gasteiger partial charge in [-0.05, 0) is 12.5 Å². The van der Waals surface area contributed by atoms with Crippen LogP contribution in [0, 0.1) is 0 Å². The van der Waals surface area contributed by atoms with Gasteiger partial charge in [-0.25, -0.2) is 0 Å². The van der Waals surface area contributed by atoms with Gasteiger partial charge in [0.25, 0.3) is 0 Å². The van der Waals surface area contributed by atoms with Gasteiger partial charge in [0, 0.05) is 12.0 Å². The highest BCUT2D eigenvalue weighted by Crippen LogP contribution is 2.30. The molecular weight excluding hydrogens is 180 g/mol. The Morgan fingerprint density at radius 3 is 2.64 bits per heavy atom. The van der Waals surface area contributed by atoms with Crippen molar-refractivity contribution in [3.8, 4) is 0 Å². The Labute approximate surface area is 81.4 Å². The lowest BCUT2D eigenvalue weighted by molar-refractivity contribution is -0.130.